The first-order valence-electron chi connectivity index (χ1n) is 7.80. The van der Waals surface area contributed by atoms with Crippen molar-refractivity contribution in [1.82, 2.24) is 5.32 Å². The van der Waals surface area contributed by atoms with Crippen molar-refractivity contribution < 1.29 is 9.90 Å². The van der Waals surface area contributed by atoms with Gasteiger partial charge >= 0.3 is 0 Å². The summed E-state index contributed by atoms with van der Waals surface area (Å²) in [4.78, 5) is 12.4. The van der Waals surface area contributed by atoms with Gasteiger partial charge in [0.05, 0.1) is 12.1 Å². The number of aliphatic hydroxyl groups is 1. The molecule has 0 bridgehead atoms. The van der Waals surface area contributed by atoms with E-state index in [4.69, 9.17) is 0 Å². The molecule has 3 rings (SSSR count). The van der Waals surface area contributed by atoms with E-state index >= 15 is 0 Å². The Morgan fingerprint density at radius 1 is 1.15 bits per heavy atom. The number of amides is 1. The van der Waals surface area contributed by atoms with E-state index in [0.29, 0.717) is 6.42 Å². The highest BCUT2D eigenvalue weighted by atomic mass is 16.3. The zero-order valence-corrected chi connectivity index (χ0v) is 11.8. The normalized spacial score (nSPS) is 29.6. The van der Waals surface area contributed by atoms with Crippen LogP contribution in [0, 0.1) is 5.92 Å². The predicted octanol–water partition coefficient (Wildman–Crippen LogP) is 2.73. The van der Waals surface area contributed by atoms with Crippen molar-refractivity contribution in [2.75, 3.05) is 0 Å². The largest absolute Gasteiger partial charge is 0.393 e. The van der Waals surface area contributed by atoms with E-state index in [9.17, 15) is 9.90 Å². The van der Waals surface area contributed by atoms with Crippen molar-refractivity contribution in [2.24, 2.45) is 5.92 Å². The molecule has 1 saturated carbocycles. The third-order valence-electron chi connectivity index (χ3n) is 4.70. The van der Waals surface area contributed by atoms with E-state index < -0.39 is 0 Å². The summed E-state index contributed by atoms with van der Waals surface area (Å²) in [5, 5.41) is 12.9. The van der Waals surface area contributed by atoms with Crippen LogP contribution in [-0.2, 0) is 11.2 Å². The van der Waals surface area contributed by atoms with Gasteiger partial charge in [-0.15, -0.1) is 0 Å². The lowest BCUT2D eigenvalue weighted by molar-refractivity contribution is -0.128. The Balaban J connectivity index is 1.68. The Labute approximate surface area is 120 Å². The van der Waals surface area contributed by atoms with Gasteiger partial charge in [-0.25, -0.2) is 0 Å². The minimum atomic E-state index is -0.293. The van der Waals surface area contributed by atoms with Gasteiger partial charge < -0.3 is 10.4 Å². The number of hydrogen-bond acceptors (Lipinski definition) is 2. The third kappa shape index (κ3) is 2.88. The van der Waals surface area contributed by atoms with E-state index in [1.165, 1.54) is 11.1 Å². The molecule has 2 aliphatic rings. The summed E-state index contributed by atoms with van der Waals surface area (Å²) in [6, 6.07) is 8.58. The average molecular weight is 273 g/mol. The number of aliphatic hydroxyl groups excluding tert-OH is 1. The average Bonchev–Trinajstić information content (AvgIpc) is 2.47. The Morgan fingerprint density at radius 3 is 2.85 bits per heavy atom. The highest BCUT2D eigenvalue weighted by Crippen LogP contribution is 2.31. The molecule has 108 valence electrons. The minimum absolute atomic E-state index is 0.00663. The van der Waals surface area contributed by atoms with Crippen LogP contribution >= 0.6 is 0 Å². The molecule has 1 aromatic rings. The summed E-state index contributed by atoms with van der Waals surface area (Å²) >= 11 is 0. The fourth-order valence-electron chi connectivity index (χ4n) is 3.60. The van der Waals surface area contributed by atoms with Crippen molar-refractivity contribution in [2.45, 2.75) is 57.1 Å². The molecule has 3 nitrogen and oxygen atoms in total. The van der Waals surface area contributed by atoms with Crippen molar-refractivity contribution in [3.8, 4) is 0 Å². The number of nitrogens with one attached hydrogen (secondary N) is 1. The molecule has 0 saturated heterocycles. The first-order valence-corrected chi connectivity index (χ1v) is 7.80. The van der Waals surface area contributed by atoms with Gasteiger partial charge in [0.1, 0.15) is 0 Å². The smallest absolute Gasteiger partial charge is 0.223 e. The Morgan fingerprint density at radius 2 is 2.00 bits per heavy atom. The van der Waals surface area contributed by atoms with Crippen LogP contribution in [0.1, 0.15) is 55.7 Å². The van der Waals surface area contributed by atoms with Gasteiger partial charge in [-0.05, 0) is 49.7 Å². The second-order valence-corrected chi connectivity index (χ2v) is 6.17. The van der Waals surface area contributed by atoms with Crippen LogP contribution in [0.3, 0.4) is 0 Å². The highest BCUT2D eigenvalue weighted by molar-refractivity contribution is 5.79. The fourth-order valence-corrected chi connectivity index (χ4v) is 3.60. The standard InChI is InChI=1S/C17H23NO2/c19-14-8-3-7-13(11-14)17(20)18-16-10-4-6-12-5-1-2-9-15(12)16/h1-2,5,9,13-14,16,19H,3-4,6-8,10-11H2,(H,18,20)/t13-,14+,16?/m0/s1. The molecular weight excluding hydrogens is 250 g/mol. The van der Waals surface area contributed by atoms with E-state index in [-0.39, 0.29) is 24.0 Å². The summed E-state index contributed by atoms with van der Waals surface area (Å²) in [6.07, 6.45) is 6.32. The fraction of sp³-hybridized carbons (Fsp3) is 0.588. The number of benzene rings is 1. The first-order chi connectivity index (χ1) is 9.74. The Kier molecular flexibility index (Phi) is 4.06. The molecule has 3 heteroatoms. The molecule has 3 atom stereocenters. The third-order valence-corrected chi connectivity index (χ3v) is 4.70. The maximum atomic E-state index is 12.4. The molecule has 1 unspecified atom stereocenters. The zero-order chi connectivity index (χ0) is 13.9. The predicted molar refractivity (Wildman–Crippen MR) is 78.2 cm³/mol. The van der Waals surface area contributed by atoms with Crippen LogP contribution in [0.2, 0.25) is 0 Å². The molecular formula is C17H23NO2. The SMILES string of the molecule is O=C(NC1CCCc2ccccc21)[C@H]1CCC[C@@H](O)C1. The molecule has 2 aliphatic carbocycles. The van der Waals surface area contributed by atoms with Crippen molar-refractivity contribution in [1.29, 1.82) is 0 Å². The molecule has 0 heterocycles. The van der Waals surface area contributed by atoms with Crippen molar-refractivity contribution in [3.05, 3.63) is 35.4 Å². The quantitative estimate of drug-likeness (QED) is 0.870. The van der Waals surface area contributed by atoms with Crippen LogP contribution in [-0.4, -0.2) is 17.1 Å². The van der Waals surface area contributed by atoms with Crippen LogP contribution in [0.25, 0.3) is 0 Å². The number of hydrogen-bond donors (Lipinski definition) is 2. The van der Waals surface area contributed by atoms with Crippen molar-refractivity contribution >= 4 is 5.91 Å². The van der Waals surface area contributed by atoms with Crippen LogP contribution in [0.5, 0.6) is 0 Å². The van der Waals surface area contributed by atoms with Crippen LogP contribution in [0.15, 0.2) is 24.3 Å². The number of aryl methyl sites for hydroxylation is 1. The molecule has 0 aromatic heterocycles. The lowest BCUT2D eigenvalue weighted by Gasteiger charge is -2.30. The van der Waals surface area contributed by atoms with E-state index in [1.54, 1.807) is 0 Å². The highest BCUT2D eigenvalue weighted by Gasteiger charge is 2.29. The first kappa shape index (κ1) is 13.6. The molecule has 0 aliphatic heterocycles. The Hall–Kier alpha value is -1.35. The number of carbonyl (C=O) groups excluding carboxylic acids is 1. The van der Waals surface area contributed by atoms with Crippen molar-refractivity contribution in [3.63, 3.8) is 0 Å². The van der Waals surface area contributed by atoms with E-state index in [2.05, 4.69) is 23.5 Å². The van der Waals surface area contributed by atoms with E-state index in [1.807, 2.05) is 6.07 Å². The summed E-state index contributed by atoms with van der Waals surface area (Å²) in [5.74, 6) is 0.123. The maximum absolute atomic E-state index is 12.4. The summed E-state index contributed by atoms with van der Waals surface area (Å²) in [7, 11) is 0. The molecule has 1 aromatic carbocycles. The molecule has 0 radical (unpaired) electrons. The zero-order valence-electron chi connectivity index (χ0n) is 11.8. The number of carbonyl (C=O) groups is 1. The van der Waals surface area contributed by atoms with Crippen LogP contribution in [0.4, 0.5) is 0 Å². The summed E-state index contributed by atoms with van der Waals surface area (Å²) in [5.41, 5.74) is 2.65. The second-order valence-electron chi connectivity index (χ2n) is 6.17. The second kappa shape index (κ2) is 5.96. The van der Waals surface area contributed by atoms with Gasteiger partial charge in [-0.2, -0.15) is 0 Å². The summed E-state index contributed by atoms with van der Waals surface area (Å²) < 4.78 is 0. The number of fused-ring (bicyclic) bond motifs is 1. The van der Waals surface area contributed by atoms with Gasteiger partial charge in [0.2, 0.25) is 5.91 Å². The topological polar surface area (TPSA) is 49.3 Å². The molecule has 0 spiro atoms. The lowest BCUT2D eigenvalue weighted by atomic mass is 9.84. The summed E-state index contributed by atoms with van der Waals surface area (Å²) in [6.45, 7) is 0. The molecule has 2 N–H and O–H groups in total. The van der Waals surface area contributed by atoms with Gasteiger partial charge in [0.25, 0.3) is 0 Å². The van der Waals surface area contributed by atoms with E-state index in [0.717, 1.165) is 38.5 Å². The van der Waals surface area contributed by atoms with Gasteiger partial charge in [-0.3, -0.25) is 4.79 Å². The lowest BCUT2D eigenvalue weighted by Crippen LogP contribution is -2.38. The number of rotatable bonds is 2. The van der Waals surface area contributed by atoms with Gasteiger partial charge in [0.15, 0.2) is 0 Å². The monoisotopic (exact) mass is 273 g/mol. The molecule has 1 amide bonds. The Bertz CT molecular complexity index is 486. The van der Waals surface area contributed by atoms with Gasteiger partial charge in [-0.1, -0.05) is 30.7 Å². The minimum Gasteiger partial charge on any atom is -0.393 e. The molecule has 20 heavy (non-hydrogen) atoms. The van der Waals surface area contributed by atoms with Gasteiger partial charge in [0, 0.05) is 5.92 Å². The van der Waals surface area contributed by atoms with Crippen LogP contribution < -0.4 is 5.32 Å². The maximum Gasteiger partial charge on any atom is 0.223 e. The molecule has 1 fully saturated rings.